The Hall–Kier alpha value is -3.29. The second kappa shape index (κ2) is 16.4. The van der Waals surface area contributed by atoms with E-state index in [-0.39, 0.29) is 17.4 Å². The van der Waals surface area contributed by atoms with Crippen LogP contribution in [0.1, 0.15) is 67.4 Å². The number of allylic oxidation sites excluding steroid dienone is 1. The average Bonchev–Trinajstić information content (AvgIpc) is 3.13. The molecule has 3 heterocycles. The molecule has 2 aromatic rings. The summed E-state index contributed by atoms with van der Waals surface area (Å²) in [7, 11) is -0.290. The quantitative estimate of drug-likeness (QED) is 0.288. The predicted molar refractivity (Wildman–Crippen MR) is 207 cm³/mol. The van der Waals surface area contributed by atoms with Crippen molar-refractivity contribution < 1.29 is 22.7 Å². The fourth-order valence-electron chi connectivity index (χ4n) is 8.20. The van der Waals surface area contributed by atoms with Crippen LogP contribution in [0.15, 0.2) is 60.4 Å². The fraction of sp³-hybridized carbons (Fsp3) is 0.564. The lowest BCUT2D eigenvalue weighted by molar-refractivity contribution is -0.0933. The van der Waals surface area contributed by atoms with Gasteiger partial charge in [0.15, 0.2) is 0 Å². The van der Waals surface area contributed by atoms with Gasteiger partial charge in [-0.1, -0.05) is 36.7 Å². The first-order valence-electron chi connectivity index (χ1n) is 18.6. The number of aryl methyl sites for hydroxylation is 1. The van der Waals surface area contributed by atoms with Crippen molar-refractivity contribution >= 4 is 33.2 Å². The van der Waals surface area contributed by atoms with Crippen LogP contribution in [0.5, 0.6) is 5.75 Å². The number of hydrogen-bond donors (Lipinski definition) is 3. The highest BCUT2D eigenvalue weighted by molar-refractivity contribution is 7.90. The van der Waals surface area contributed by atoms with E-state index < -0.39 is 26.8 Å². The van der Waals surface area contributed by atoms with Crippen molar-refractivity contribution in [3.8, 4) is 5.75 Å². The maximum Gasteiger partial charge on any atom is 0.264 e. The minimum absolute atomic E-state index is 0.214. The minimum Gasteiger partial charge on any atom is -0.487 e. The zero-order valence-electron chi connectivity index (χ0n) is 30.9. The zero-order valence-corrected chi connectivity index (χ0v) is 32.5. The number of nitrogens with zero attached hydrogens (tertiary/aromatic N) is 3. The molecule has 0 aromatic heterocycles. The second-order valence-corrected chi connectivity index (χ2v) is 17.5. The van der Waals surface area contributed by atoms with Crippen molar-refractivity contribution in [2.45, 2.75) is 69.8 Å². The van der Waals surface area contributed by atoms with Gasteiger partial charge in [0.1, 0.15) is 18.0 Å². The summed E-state index contributed by atoms with van der Waals surface area (Å²) < 4.78 is 42.7. The number of anilines is 1. The molecule has 2 aromatic carbocycles. The number of halogens is 1. The van der Waals surface area contributed by atoms with Gasteiger partial charge < -0.3 is 24.7 Å². The smallest absolute Gasteiger partial charge is 0.264 e. The molecule has 1 aliphatic carbocycles. The van der Waals surface area contributed by atoms with Gasteiger partial charge in [-0.3, -0.25) is 9.69 Å². The lowest BCUT2D eigenvalue weighted by atomic mass is 9.63. The van der Waals surface area contributed by atoms with Crippen molar-refractivity contribution in [1.82, 2.24) is 19.9 Å². The van der Waals surface area contributed by atoms with Crippen LogP contribution in [0.2, 0.25) is 5.02 Å². The van der Waals surface area contributed by atoms with E-state index in [1.807, 2.05) is 38.4 Å². The van der Waals surface area contributed by atoms with E-state index in [0.717, 1.165) is 68.7 Å². The summed E-state index contributed by atoms with van der Waals surface area (Å²) in [6.07, 6.45) is 11.6. The first kappa shape index (κ1) is 38.4. The number of hydrazine groups is 1. The third-order valence-corrected chi connectivity index (χ3v) is 13.9. The van der Waals surface area contributed by atoms with E-state index in [2.05, 4.69) is 32.0 Å². The van der Waals surface area contributed by atoms with Crippen LogP contribution in [-0.4, -0.2) is 88.5 Å². The molecule has 2 bridgehead atoms. The Morgan fingerprint density at radius 3 is 2.69 bits per heavy atom. The first-order chi connectivity index (χ1) is 24.9. The van der Waals surface area contributed by atoms with Crippen LogP contribution in [0.4, 0.5) is 5.69 Å². The van der Waals surface area contributed by atoms with Crippen LogP contribution in [-0.2, 0) is 27.8 Å². The second-order valence-electron chi connectivity index (χ2n) is 15.0. The van der Waals surface area contributed by atoms with Crippen molar-refractivity contribution in [3.05, 3.63) is 82.2 Å². The fourth-order valence-corrected chi connectivity index (χ4v) is 9.68. The molecule has 1 saturated heterocycles. The van der Waals surface area contributed by atoms with Crippen molar-refractivity contribution in [3.63, 3.8) is 0 Å². The molecule has 0 spiro atoms. The summed E-state index contributed by atoms with van der Waals surface area (Å²) >= 11 is 6.40. The number of ether oxygens (including phenoxy) is 2. The van der Waals surface area contributed by atoms with Gasteiger partial charge >= 0.3 is 0 Å². The number of nitrogens with two attached hydrogens (primary N) is 1. The number of piperazine rings is 1. The van der Waals surface area contributed by atoms with Gasteiger partial charge in [0.25, 0.3) is 5.91 Å². The van der Waals surface area contributed by atoms with Crippen LogP contribution in [0, 0.1) is 17.8 Å². The van der Waals surface area contributed by atoms with Crippen molar-refractivity contribution in [2.24, 2.45) is 23.6 Å². The summed E-state index contributed by atoms with van der Waals surface area (Å²) in [4.78, 5) is 18.4. The Kier molecular flexibility index (Phi) is 12.1. The zero-order chi connectivity index (χ0) is 37.0. The van der Waals surface area contributed by atoms with Crippen LogP contribution in [0.3, 0.4) is 0 Å². The Morgan fingerprint density at radius 1 is 1.12 bits per heavy atom. The molecule has 284 valence electrons. The lowest BCUT2D eigenvalue weighted by Gasteiger charge is -2.52. The van der Waals surface area contributed by atoms with E-state index in [4.69, 9.17) is 26.9 Å². The number of carbonyl (C=O) groups is 1. The number of nitrogens with one attached hydrogen (secondary N) is 2. The summed E-state index contributed by atoms with van der Waals surface area (Å²) in [5.41, 5.74) is 3.74. The Morgan fingerprint density at radius 2 is 1.94 bits per heavy atom. The monoisotopic (exact) mass is 754 g/mol. The number of hydrogen-bond acceptors (Lipinski definition) is 10. The van der Waals surface area contributed by atoms with E-state index >= 15 is 0 Å². The summed E-state index contributed by atoms with van der Waals surface area (Å²) in [5, 5.41) is 4.83. The highest BCUT2D eigenvalue weighted by Crippen LogP contribution is 2.47. The third-order valence-electron chi connectivity index (χ3n) is 11.7. The predicted octanol–water partition coefficient (Wildman–Crippen LogP) is 5.07. The molecule has 0 radical (unpaired) electrons. The highest BCUT2D eigenvalue weighted by Gasteiger charge is 2.48. The van der Waals surface area contributed by atoms with Crippen molar-refractivity contribution in [1.29, 1.82) is 0 Å². The van der Waals surface area contributed by atoms with Gasteiger partial charge in [0.05, 0.1) is 16.6 Å². The number of amides is 1. The molecule has 11 nitrogen and oxygen atoms in total. The SMILES string of the molecule is CN/C=C1/CN(C[C@]2(OC)/C=C/C[C@H](C)[C@@H](C)S(=O)(=O)NC(=O)c3ccc4c(c3)N(CCCCc3cc(Cl)ccc3CO4)C[C@@H]3CC[C@H]32)CCN1N. The molecular formula is C39H55ClN6O5S. The number of rotatable bonds is 4. The van der Waals surface area contributed by atoms with E-state index in [9.17, 15) is 13.2 Å². The minimum atomic E-state index is -3.98. The molecule has 52 heavy (non-hydrogen) atoms. The van der Waals surface area contributed by atoms with Gasteiger partial charge in [-0.25, -0.2) is 19.0 Å². The summed E-state index contributed by atoms with van der Waals surface area (Å²) in [6, 6.07) is 11.2. The maximum absolute atomic E-state index is 13.6. The summed E-state index contributed by atoms with van der Waals surface area (Å²) in [5.74, 6) is 6.62. The van der Waals surface area contributed by atoms with E-state index in [1.165, 1.54) is 5.56 Å². The molecule has 0 unspecified atom stereocenters. The molecule has 5 atom stereocenters. The molecule has 1 saturated carbocycles. The number of methoxy groups -OCH3 is 1. The molecule has 6 rings (SSSR count). The maximum atomic E-state index is 13.6. The van der Waals surface area contributed by atoms with Crippen molar-refractivity contribution in [2.75, 3.05) is 58.3 Å². The van der Waals surface area contributed by atoms with Crippen LogP contribution >= 0.6 is 11.6 Å². The highest BCUT2D eigenvalue weighted by atomic mass is 35.5. The largest absolute Gasteiger partial charge is 0.487 e. The van der Waals surface area contributed by atoms with E-state index in [0.29, 0.717) is 49.4 Å². The molecule has 4 aliphatic rings. The first-order valence-corrected chi connectivity index (χ1v) is 20.5. The number of sulfonamides is 1. The Balaban J connectivity index is 1.39. The Bertz CT molecular complexity index is 1770. The summed E-state index contributed by atoms with van der Waals surface area (Å²) in [6.45, 7) is 8.30. The standard InChI is InChI=1S/C39H55ClN6O5S/c1-27-8-7-16-39(50-4,26-44-18-19-46(41)34(24-44)22-42-3)35-14-11-31(35)23-45-17-6-5-9-29-20-33(40)13-10-32(29)25-51-37-15-12-30(21-36(37)45)38(47)43-52(48,49)28(27)2/h7,10,12-13,15-16,20-22,27-28,31,35,42H,5-6,8-9,11,14,17-19,23-26,41H2,1-4H3,(H,43,47)/b16-7+,34-22-/t27-,28+,31-,35+,39+/m0/s1. The molecule has 4 N–H and O–H groups in total. The lowest BCUT2D eigenvalue weighted by Crippen LogP contribution is -2.59. The van der Waals surface area contributed by atoms with E-state index in [1.54, 1.807) is 37.2 Å². The molecular weight excluding hydrogens is 700 g/mol. The molecule has 3 aliphatic heterocycles. The van der Waals surface area contributed by atoms with Gasteiger partial charge in [0, 0.05) is 70.2 Å². The Labute approximate surface area is 314 Å². The van der Waals surface area contributed by atoms with Gasteiger partial charge in [-0.15, -0.1) is 0 Å². The molecule has 13 heteroatoms. The van der Waals surface area contributed by atoms with Gasteiger partial charge in [-0.2, -0.15) is 0 Å². The van der Waals surface area contributed by atoms with Crippen LogP contribution in [0.25, 0.3) is 0 Å². The average molecular weight is 755 g/mol. The number of fused-ring (bicyclic) bond motifs is 3. The normalized spacial score (nSPS) is 30.1. The van der Waals surface area contributed by atoms with Gasteiger partial charge in [-0.05, 0) is 105 Å². The molecule has 1 amide bonds. The topological polar surface area (TPSA) is 129 Å². The van der Waals surface area contributed by atoms with Gasteiger partial charge in [0.2, 0.25) is 10.0 Å². The number of carbonyl (C=O) groups excluding carboxylic acids is 1. The molecule has 2 fully saturated rings. The third kappa shape index (κ3) is 8.41. The van der Waals surface area contributed by atoms with Crippen LogP contribution < -0.4 is 25.5 Å². The number of benzene rings is 2.